The molecule has 1 amide bonds. The number of benzene rings is 1. The van der Waals surface area contributed by atoms with Crippen molar-refractivity contribution in [1.29, 1.82) is 0 Å². The molecule has 1 spiro atoms. The molecule has 2 fully saturated rings. The van der Waals surface area contributed by atoms with E-state index in [2.05, 4.69) is 30.1 Å². The molecule has 0 saturated carbocycles. The Morgan fingerprint density at radius 2 is 1.76 bits per heavy atom. The Bertz CT molecular complexity index is 522. The van der Waals surface area contributed by atoms with Gasteiger partial charge in [0.25, 0.3) is 5.91 Å². The third-order valence-corrected chi connectivity index (χ3v) is 5.61. The molecule has 2 saturated heterocycles. The molecule has 1 N–H and O–H groups in total. The number of carbonyl (C=O) groups excluding carboxylic acids is 1. The van der Waals surface area contributed by atoms with Gasteiger partial charge < -0.3 is 10.2 Å². The largest absolute Gasteiger partial charge is 0.339 e. The van der Waals surface area contributed by atoms with E-state index in [9.17, 15) is 4.79 Å². The zero-order valence-corrected chi connectivity index (χ0v) is 13.2. The van der Waals surface area contributed by atoms with Crippen LogP contribution in [0.1, 0.15) is 47.2 Å². The number of carbonyl (C=O) groups is 1. The van der Waals surface area contributed by atoms with Crippen LogP contribution in [0.3, 0.4) is 0 Å². The standard InChI is InChI=1S/C18H26N2O/c1-14-4-3-5-16(15(14)2)17(21)20-12-8-18(9-13-20)6-10-19-11-7-18/h3-5,19H,6-13H2,1-2H3. The third-order valence-electron chi connectivity index (χ3n) is 5.61. The van der Waals surface area contributed by atoms with Crippen molar-refractivity contribution < 1.29 is 4.79 Å². The van der Waals surface area contributed by atoms with Gasteiger partial charge in [0.2, 0.25) is 0 Å². The van der Waals surface area contributed by atoms with Crippen molar-refractivity contribution in [3.63, 3.8) is 0 Å². The molecule has 0 radical (unpaired) electrons. The van der Waals surface area contributed by atoms with Gasteiger partial charge in [0.15, 0.2) is 0 Å². The van der Waals surface area contributed by atoms with Crippen LogP contribution in [0.2, 0.25) is 0 Å². The molecular formula is C18H26N2O. The lowest BCUT2D eigenvalue weighted by Gasteiger charge is -2.44. The maximum Gasteiger partial charge on any atom is 0.254 e. The van der Waals surface area contributed by atoms with Gasteiger partial charge in [-0.1, -0.05) is 12.1 Å². The van der Waals surface area contributed by atoms with Crippen LogP contribution in [0.15, 0.2) is 18.2 Å². The highest BCUT2D eigenvalue weighted by Gasteiger charge is 2.36. The molecule has 1 aromatic carbocycles. The maximum absolute atomic E-state index is 12.8. The van der Waals surface area contributed by atoms with Gasteiger partial charge in [0.05, 0.1) is 0 Å². The smallest absolute Gasteiger partial charge is 0.254 e. The van der Waals surface area contributed by atoms with Crippen LogP contribution in [0.4, 0.5) is 0 Å². The molecule has 114 valence electrons. The van der Waals surface area contributed by atoms with Crippen molar-refractivity contribution in [3.8, 4) is 0 Å². The van der Waals surface area contributed by atoms with Gasteiger partial charge in [-0.15, -0.1) is 0 Å². The van der Waals surface area contributed by atoms with E-state index >= 15 is 0 Å². The van der Waals surface area contributed by atoms with E-state index in [-0.39, 0.29) is 5.91 Å². The van der Waals surface area contributed by atoms with E-state index in [4.69, 9.17) is 0 Å². The minimum Gasteiger partial charge on any atom is -0.339 e. The average molecular weight is 286 g/mol. The first-order valence-electron chi connectivity index (χ1n) is 8.18. The van der Waals surface area contributed by atoms with Crippen LogP contribution in [-0.2, 0) is 0 Å². The summed E-state index contributed by atoms with van der Waals surface area (Å²) in [5.41, 5.74) is 3.72. The number of aryl methyl sites for hydroxylation is 1. The van der Waals surface area contributed by atoms with Gasteiger partial charge in [-0.05, 0) is 75.2 Å². The quantitative estimate of drug-likeness (QED) is 0.861. The second-order valence-corrected chi connectivity index (χ2v) is 6.79. The zero-order chi connectivity index (χ0) is 14.9. The molecule has 1 aromatic rings. The normalized spacial score (nSPS) is 21.5. The molecule has 2 aliphatic rings. The number of hydrogen-bond donors (Lipinski definition) is 1. The summed E-state index contributed by atoms with van der Waals surface area (Å²) in [6.45, 7) is 8.27. The van der Waals surface area contributed by atoms with E-state index < -0.39 is 0 Å². The summed E-state index contributed by atoms with van der Waals surface area (Å²) < 4.78 is 0. The summed E-state index contributed by atoms with van der Waals surface area (Å²) in [7, 11) is 0. The molecule has 0 aliphatic carbocycles. The molecule has 0 atom stereocenters. The Kier molecular flexibility index (Phi) is 4.03. The molecular weight excluding hydrogens is 260 g/mol. The van der Waals surface area contributed by atoms with Gasteiger partial charge in [0, 0.05) is 18.7 Å². The van der Waals surface area contributed by atoms with Crippen LogP contribution in [0.5, 0.6) is 0 Å². The topological polar surface area (TPSA) is 32.3 Å². The van der Waals surface area contributed by atoms with Gasteiger partial charge in [-0.2, -0.15) is 0 Å². The fourth-order valence-electron chi connectivity index (χ4n) is 3.79. The second-order valence-electron chi connectivity index (χ2n) is 6.79. The Morgan fingerprint density at radius 1 is 1.10 bits per heavy atom. The van der Waals surface area contributed by atoms with Crippen molar-refractivity contribution in [2.75, 3.05) is 26.2 Å². The monoisotopic (exact) mass is 286 g/mol. The molecule has 3 rings (SSSR count). The molecule has 0 aromatic heterocycles. The Labute approximate surface area is 127 Å². The fourth-order valence-corrected chi connectivity index (χ4v) is 3.79. The lowest BCUT2D eigenvalue weighted by Crippen LogP contribution is -2.47. The van der Waals surface area contributed by atoms with Crippen LogP contribution < -0.4 is 5.32 Å². The molecule has 0 unspecified atom stereocenters. The lowest BCUT2D eigenvalue weighted by molar-refractivity contribution is 0.0495. The second kappa shape index (κ2) is 5.80. The number of nitrogens with one attached hydrogen (secondary N) is 1. The van der Waals surface area contributed by atoms with Crippen LogP contribution in [0, 0.1) is 19.3 Å². The van der Waals surface area contributed by atoms with Gasteiger partial charge in [-0.3, -0.25) is 4.79 Å². The Balaban J connectivity index is 1.69. The fraction of sp³-hybridized carbons (Fsp3) is 0.611. The number of rotatable bonds is 1. The highest BCUT2D eigenvalue weighted by molar-refractivity contribution is 5.96. The zero-order valence-electron chi connectivity index (χ0n) is 13.2. The molecule has 3 heteroatoms. The van der Waals surface area contributed by atoms with Crippen molar-refractivity contribution in [2.24, 2.45) is 5.41 Å². The summed E-state index contributed by atoms with van der Waals surface area (Å²) >= 11 is 0. The van der Waals surface area contributed by atoms with Crippen LogP contribution in [0.25, 0.3) is 0 Å². The number of amides is 1. The van der Waals surface area contributed by atoms with Crippen LogP contribution in [-0.4, -0.2) is 37.0 Å². The predicted molar refractivity (Wildman–Crippen MR) is 85.6 cm³/mol. The highest BCUT2D eigenvalue weighted by atomic mass is 16.2. The number of nitrogens with zero attached hydrogens (tertiary/aromatic N) is 1. The number of piperidine rings is 2. The summed E-state index contributed by atoms with van der Waals surface area (Å²) in [6, 6.07) is 6.04. The lowest BCUT2D eigenvalue weighted by atomic mass is 9.71. The van der Waals surface area contributed by atoms with Crippen molar-refractivity contribution in [2.45, 2.75) is 39.5 Å². The van der Waals surface area contributed by atoms with E-state index in [0.717, 1.165) is 37.3 Å². The molecule has 0 bridgehead atoms. The highest BCUT2D eigenvalue weighted by Crippen LogP contribution is 2.39. The number of hydrogen-bond acceptors (Lipinski definition) is 2. The number of likely N-dealkylation sites (tertiary alicyclic amines) is 1. The van der Waals surface area contributed by atoms with Crippen molar-refractivity contribution in [3.05, 3.63) is 34.9 Å². The van der Waals surface area contributed by atoms with E-state index in [1.807, 2.05) is 12.1 Å². The Hall–Kier alpha value is -1.35. The van der Waals surface area contributed by atoms with Crippen molar-refractivity contribution >= 4 is 5.91 Å². The first-order valence-corrected chi connectivity index (χ1v) is 8.18. The first-order chi connectivity index (χ1) is 10.1. The van der Waals surface area contributed by atoms with E-state index in [1.54, 1.807) is 0 Å². The first kappa shape index (κ1) is 14.6. The van der Waals surface area contributed by atoms with E-state index in [0.29, 0.717) is 5.41 Å². The summed E-state index contributed by atoms with van der Waals surface area (Å²) in [6.07, 6.45) is 4.90. The van der Waals surface area contributed by atoms with Gasteiger partial charge in [-0.25, -0.2) is 0 Å². The summed E-state index contributed by atoms with van der Waals surface area (Å²) in [4.78, 5) is 14.8. The maximum atomic E-state index is 12.8. The minimum atomic E-state index is 0.222. The average Bonchev–Trinajstić information content (AvgIpc) is 2.51. The molecule has 21 heavy (non-hydrogen) atoms. The van der Waals surface area contributed by atoms with Gasteiger partial charge in [0.1, 0.15) is 0 Å². The Morgan fingerprint density at radius 3 is 2.43 bits per heavy atom. The minimum absolute atomic E-state index is 0.222. The van der Waals surface area contributed by atoms with Gasteiger partial charge >= 0.3 is 0 Å². The molecule has 2 aliphatic heterocycles. The molecule has 3 nitrogen and oxygen atoms in total. The van der Waals surface area contributed by atoms with E-state index in [1.165, 1.54) is 31.2 Å². The summed E-state index contributed by atoms with van der Waals surface area (Å²) in [5, 5.41) is 3.45. The van der Waals surface area contributed by atoms with Crippen LogP contribution >= 0.6 is 0 Å². The van der Waals surface area contributed by atoms with Crippen molar-refractivity contribution in [1.82, 2.24) is 10.2 Å². The SMILES string of the molecule is Cc1cccc(C(=O)N2CCC3(CCNCC3)CC2)c1C. The third kappa shape index (κ3) is 2.84. The summed E-state index contributed by atoms with van der Waals surface area (Å²) in [5.74, 6) is 0.222. The molecule has 2 heterocycles. The predicted octanol–water partition coefficient (Wildman–Crippen LogP) is 2.91.